The van der Waals surface area contributed by atoms with Crippen molar-refractivity contribution in [2.24, 2.45) is 0 Å². The molecule has 0 bridgehead atoms. The van der Waals surface area contributed by atoms with Gasteiger partial charge in [-0.15, -0.1) is 10.2 Å². The minimum absolute atomic E-state index is 0.0849. The van der Waals surface area contributed by atoms with Crippen LogP contribution in [0.15, 0.2) is 41.5 Å². The van der Waals surface area contributed by atoms with Gasteiger partial charge in [0.2, 0.25) is 5.82 Å². The van der Waals surface area contributed by atoms with Crippen molar-refractivity contribution in [2.75, 3.05) is 7.11 Å². The van der Waals surface area contributed by atoms with Crippen LogP contribution >= 0.6 is 11.6 Å². The SMILES string of the molecule is CCc1nc(Cn2nc(-c3ccc(Cl)cc3)n(CCC(F)(F)F)c2=O)nn1-c1nccnc1OC. The van der Waals surface area contributed by atoms with Gasteiger partial charge in [-0.25, -0.2) is 24.4 Å². The fourth-order valence-corrected chi connectivity index (χ4v) is 3.52. The summed E-state index contributed by atoms with van der Waals surface area (Å²) in [5, 5.41) is 9.16. The van der Waals surface area contributed by atoms with E-state index >= 15 is 0 Å². The number of hydrogen-bond donors (Lipinski definition) is 0. The second-order valence-electron chi connectivity index (χ2n) is 7.39. The first kappa shape index (κ1) is 24.4. The van der Waals surface area contributed by atoms with Gasteiger partial charge in [-0.2, -0.15) is 17.9 Å². The summed E-state index contributed by atoms with van der Waals surface area (Å²) >= 11 is 5.93. The number of aromatic nitrogens is 8. The molecule has 0 aliphatic heterocycles. The van der Waals surface area contributed by atoms with Gasteiger partial charge in [0.05, 0.1) is 13.5 Å². The molecule has 0 radical (unpaired) electrons. The van der Waals surface area contributed by atoms with E-state index in [0.717, 1.165) is 9.25 Å². The van der Waals surface area contributed by atoms with E-state index in [0.29, 0.717) is 28.6 Å². The van der Waals surface area contributed by atoms with Gasteiger partial charge in [-0.3, -0.25) is 4.57 Å². The van der Waals surface area contributed by atoms with E-state index in [1.807, 2.05) is 6.92 Å². The second kappa shape index (κ2) is 9.86. The van der Waals surface area contributed by atoms with E-state index < -0.39 is 24.8 Å². The van der Waals surface area contributed by atoms with E-state index in [9.17, 15) is 18.0 Å². The highest BCUT2D eigenvalue weighted by atomic mass is 35.5. The Morgan fingerprint density at radius 1 is 1.09 bits per heavy atom. The van der Waals surface area contributed by atoms with Crippen molar-refractivity contribution < 1.29 is 17.9 Å². The summed E-state index contributed by atoms with van der Waals surface area (Å²) in [7, 11) is 1.45. The quantitative estimate of drug-likeness (QED) is 0.359. The van der Waals surface area contributed by atoms with E-state index in [1.165, 1.54) is 24.2 Å². The van der Waals surface area contributed by atoms with Crippen LogP contribution in [0.5, 0.6) is 5.88 Å². The lowest BCUT2D eigenvalue weighted by Crippen LogP contribution is -2.27. The molecule has 0 saturated heterocycles. The van der Waals surface area contributed by atoms with Crippen LogP contribution in [-0.4, -0.2) is 52.4 Å². The normalized spacial score (nSPS) is 11.7. The van der Waals surface area contributed by atoms with Gasteiger partial charge in [0.25, 0.3) is 5.88 Å². The van der Waals surface area contributed by atoms with Crippen molar-refractivity contribution in [2.45, 2.75) is 39.0 Å². The molecule has 14 heteroatoms. The fraction of sp³-hybridized carbons (Fsp3) is 0.333. The predicted molar refractivity (Wildman–Crippen MR) is 120 cm³/mol. The Hall–Kier alpha value is -3.74. The van der Waals surface area contributed by atoms with Crippen LogP contribution in [0.1, 0.15) is 25.0 Å². The molecule has 0 aliphatic rings. The first-order valence-electron chi connectivity index (χ1n) is 10.5. The Kier molecular flexibility index (Phi) is 6.87. The summed E-state index contributed by atoms with van der Waals surface area (Å²) < 4.78 is 47.5. The minimum Gasteiger partial charge on any atom is -0.478 e. The number of halogens is 4. The molecule has 0 N–H and O–H groups in total. The zero-order valence-corrected chi connectivity index (χ0v) is 19.5. The van der Waals surface area contributed by atoms with Crippen molar-refractivity contribution in [3.63, 3.8) is 0 Å². The van der Waals surface area contributed by atoms with E-state index in [2.05, 4.69) is 25.1 Å². The lowest BCUT2D eigenvalue weighted by Gasteiger charge is -2.08. The molecule has 3 heterocycles. The molecule has 0 saturated carbocycles. The number of aryl methyl sites for hydroxylation is 1. The van der Waals surface area contributed by atoms with Gasteiger partial charge in [0.1, 0.15) is 12.4 Å². The number of nitrogens with zero attached hydrogens (tertiary/aromatic N) is 8. The largest absolute Gasteiger partial charge is 0.478 e. The van der Waals surface area contributed by atoms with E-state index in [-0.39, 0.29) is 24.1 Å². The Morgan fingerprint density at radius 2 is 1.80 bits per heavy atom. The molecular weight excluding hydrogens is 489 g/mol. The average Bonchev–Trinajstić information content (AvgIpc) is 3.38. The Bertz CT molecular complexity index is 1380. The van der Waals surface area contributed by atoms with Crippen molar-refractivity contribution in [1.82, 2.24) is 39.1 Å². The first-order chi connectivity index (χ1) is 16.7. The second-order valence-corrected chi connectivity index (χ2v) is 7.82. The first-order valence-corrected chi connectivity index (χ1v) is 10.9. The third-order valence-electron chi connectivity index (χ3n) is 5.01. The molecule has 3 aromatic heterocycles. The number of alkyl halides is 3. The molecule has 0 unspecified atom stereocenters. The molecule has 1 aromatic carbocycles. The van der Waals surface area contributed by atoms with Gasteiger partial charge in [-0.05, 0) is 24.3 Å². The van der Waals surface area contributed by atoms with Crippen LogP contribution in [0.2, 0.25) is 5.02 Å². The summed E-state index contributed by atoms with van der Waals surface area (Å²) in [6.45, 7) is 1.12. The van der Waals surface area contributed by atoms with Crippen LogP contribution < -0.4 is 10.4 Å². The summed E-state index contributed by atoms with van der Waals surface area (Å²) in [6, 6.07) is 6.31. The summed E-state index contributed by atoms with van der Waals surface area (Å²) in [5.41, 5.74) is -0.268. The molecule has 4 aromatic rings. The monoisotopic (exact) mass is 508 g/mol. The van der Waals surface area contributed by atoms with Crippen LogP contribution in [0.25, 0.3) is 17.2 Å². The molecule has 0 amide bonds. The fourth-order valence-electron chi connectivity index (χ4n) is 3.40. The highest BCUT2D eigenvalue weighted by Crippen LogP contribution is 2.24. The molecule has 0 aliphatic carbocycles. The summed E-state index contributed by atoms with van der Waals surface area (Å²) in [4.78, 5) is 25.8. The minimum atomic E-state index is -4.44. The maximum absolute atomic E-state index is 13.0. The molecule has 35 heavy (non-hydrogen) atoms. The molecule has 0 spiro atoms. The van der Waals surface area contributed by atoms with Crippen molar-refractivity contribution in [3.8, 4) is 23.1 Å². The Labute approximate surface area is 202 Å². The molecular formula is C21H20ClF3N8O2. The number of benzene rings is 1. The average molecular weight is 509 g/mol. The Morgan fingerprint density at radius 3 is 2.46 bits per heavy atom. The molecule has 4 rings (SSSR count). The lowest BCUT2D eigenvalue weighted by atomic mass is 10.2. The Balaban J connectivity index is 1.73. The standard InChI is InChI=1S/C21H20ClF3N8O2/c1-3-16-28-15(29-33(16)18-19(35-2)27-10-9-26-18)12-32-20(34)31(11-8-21(23,24)25)17(30-32)13-4-6-14(22)7-5-13/h4-7,9-10H,3,8,11-12H2,1-2H3. The van der Waals surface area contributed by atoms with Crippen LogP contribution in [0.4, 0.5) is 13.2 Å². The number of ether oxygens (including phenoxy) is 1. The van der Waals surface area contributed by atoms with Gasteiger partial charge in [-0.1, -0.05) is 18.5 Å². The number of rotatable bonds is 8. The molecule has 0 fully saturated rings. The van der Waals surface area contributed by atoms with Gasteiger partial charge >= 0.3 is 11.9 Å². The summed E-state index contributed by atoms with van der Waals surface area (Å²) in [5.74, 6) is 1.38. The van der Waals surface area contributed by atoms with Gasteiger partial charge in [0.15, 0.2) is 11.6 Å². The highest BCUT2D eigenvalue weighted by molar-refractivity contribution is 6.30. The van der Waals surface area contributed by atoms with Gasteiger partial charge < -0.3 is 4.74 Å². The lowest BCUT2D eigenvalue weighted by molar-refractivity contribution is -0.136. The van der Waals surface area contributed by atoms with Crippen molar-refractivity contribution in [1.29, 1.82) is 0 Å². The summed E-state index contributed by atoms with van der Waals surface area (Å²) in [6.07, 6.45) is -2.19. The highest BCUT2D eigenvalue weighted by Gasteiger charge is 2.28. The number of methoxy groups -OCH3 is 1. The van der Waals surface area contributed by atoms with Crippen LogP contribution in [0.3, 0.4) is 0 Å². The van der Waals surface area contributed by atoms with E-state index in [4.69, 9.17) is 16.3 Å². The van der Waals surface area contributed by atoms with Crippen LogP contribution in [-0.2, 0) is 19.5 Å². The number of hydrogen-bond acceptors (Lipinski definition) is 7. The molecule has 184 valence electrons. The topological polar surface area (TPSA) is 106 Å². The third-order valence-corrected chi connectivity index (χ3v) is 5.26. The predicted octanol–water partition coefficient (Wildman–Crippen LogP) is 3.31. The maximum Gasteiger partial charge on any atom is 0.390 e. The smallest absolute Gasteiger partial charge is 0.390 e. The van der Waals surface area contributed by atoms with Crippen molar-refractivity contribution in [3.05, 3.63) is 63.8 Å². The van der Waals surface area contributed by atoms with Crippen LogP contribution in [0, 0.1) is 0 Å². The van der Waals surface area contributed by atoms with E-state index in [1.54, 1.807) is 24.3 Å². The zero-order valence-electron chi connectivity index (χ0n) is 18.7. The molecule has 10 nitrogen and oxygen atoms in total. The van der Waals surface area contributed by atoms with Crippen molar-refractivity contribution >= 4 is 11.6 Å². The third kappa shape index (κ3) is 5.34. The zero-order chi connectivity index (χ0) is 25.2. The van der Waals surface area contributed by atoms with Gasteiger partial charge in [0, 0.05) is 35.9 Å². The maximum atomic E-state index is 13.0. The molecule has 0 atom stereocenters.